The molecule has 0 aliphatic carbocycles. The van der Waals surface area contributed by atoms with Crippen LogP contribution >= 0.6 is 0 Å². The van der Waals surface area contributed by atoms with E-state index in [-0.39, 0.29) is 20.3 Å². The Morgan fingerprint density at radius 1 is 0.909 bits per heavy atom. The van der Waals surface area contributed by atoms with Gasteiger partial charge in [-0.25, -0.2) is 0 Å². The van der Waals surface area contributed by atoms with Gasteiger partial charge in [-0.05, 0) is 0 Å². The third kappa shape index (κ3) is 4.83. The van der Waals surface area contributed by atoms with E-state index >= 15 is 0 Å². The van der Waals surface area contributed by atoms with Crippen molar-refractivity contribution in [3.8, 4) is 0 Å². The number of hydrogen-bond acceptors (Lipinski definition) is 6. The maximum absolute atomic E-state index is 12.3. The summed E-state index contributed by atoms with van der Waals surface area (Å²) in [5, 5.41) is 0. The molecule has 0 aliphatic heterocycles. The molecule has 0 aromatic heterocycles. The van der Waals surface area contributed by atoms with Crippen molar-refractivity contribution in [2.24, 2.45) is 0 Å². The van der Waals surface area contributed by atoms with Gasteiger partial charge in [-0.2, -0.15) is 43.2 Å². The summed E-state index contributed by atoms with van der Waals surface area (Å²) in [5.41, 5.74) is -12.6. The molecule has 0 amide bonds. The number of rotatable bonds is 5. The normalized spacial score (nSPS) is 13.7. The SMILES string of the molecule is COC(C=[N+](S(=O)(=O)C(F)(F)F)S(=O)(=O)C(F)(F)F)OC.[H-].[Li+]. The second-order valence-electron chi connectivity index (χ2n) is 3.12. The van der Waals surface area contributed by atoms with E-state index in [1.54, 1.807) is 0 Å². The van der Waals surface area contributed by atoms with Gasteiger partial charge < -0.3 is 10.9 Å². The number of alkyl halides is 6. The van der Waals surface area contributed by atoms with Gasteiger partial charge in [0.25, 0.3) is 0 Å². The molecule has 0 radical (unpaired) electrons. The van der Waals surface area contributed by atoms with Gasteiger partial charge in [0, 0.05) is 17.6 Å². The summed E-state index contributed by atoms with van der Waals surface area (Å²) in [6.07, 6.45) is -2.62. The average molecular weight is 376 g/mol. The zero-order valence-electron chi connectivity index (χ0n) is 12.1. The average Bonchev–Trinajstić information content (AvgIpc) is 2.26. The number of sulfonamides is 2. The van der Waals surface area contributed by atoms with Gasteiger partial charge in [-0.3, -0.25) is 0 Å². The molecule has 0 aliphatic rings. The molecule has 0 fully saturated rings. The van der Waals surface area contributed by atoms with Crippen molar-refractivity contribution in [1.29, 1.82) is 0 Å². The van der Waals surface area contributed by atoms with E-state index < -0.39 is 47.0 Å². The van der Waals surface area contributed by atoms with Crippen LogP contribution in [0, 0.1) is 0 Å². The number of nitrogens with zero attached hydrogens (tertiary/aromatic N) is 1. The van der Waals surface area contributed by atoms with E-state index in [2.05, 4.69) is 9.47 Å². The Hall–Kier alpha value is -0.333. The van der Waals surface area contributed by atoms with Gasteiger partial charge in [-0.1, -0.05) is 0 Å². The Bertz CT molecular complexity index is 564. The van der Waals surface area contributed by atoms with Crippen molar-refractivity contribution < 1.29 is 76.3 Å². The summed E-state index contributed by atoms with van der Waals surface area (Å²) in [6.45, 7) is 0. The van der Waals surface area contributed by atoms with Crippen LogP contribution in [-0.2, 0) is 29.5 Å². The molecule has 0 atom stereocenters. The molecule has 0 aromatic carbocycles. The van der Waals surface area contributed by atoms with Crippen LogP contribution in [0.2, 0.25) is 0 Å². The first-order valence-electron chi connectivity index (χ1n) is 4.45. The fourth-order valence-electron chi connectivity index (χ4n) is 0.811. The fraction of sp³-hybridized carbons (Fsp3) is 0.833. The third-order valence-corrected chi connectivity index (χ3v) is 5.31. The third-order valence-electron chi connectivity index (χ3n) is 1.77. The number of halogens is 6. The molecular weight excluding hydrogens is 367 g/mol. The molecule has 0 rings (SSSR count). The van der Waals surface area contributed by atoms with Crippen molar-refractivity contribution in [3.63, 3.8) is 0 Å². The van der Waals surface area contributed by atoms with Crippen molar-refractivity contribution in [2.75, 3.05) is 14.2 Å². The molecular formula is C6H9F6LiNO6S2+. The number of hydrogen-bond donors (Lipinski definition) is 0. The fourth-order valence-corrected chi connectivity index (χ4v) is 3.28. The molecule has 0 unspecified atom stereocenters. The predicted octanol–water partition coefficient (Wildman–Crippen LogP) is -2.50. The van der Waals surface area contributed by atoms with Crippen LogP contribution in [0.15, 0.2) is 0 Å². The first-order chi connectivity index (χ1) is 9.12. The van der Waals surface area contributed by atoms with Gasteiger partial charge >= 0.3 is 49.9 Å². The molecule has 0 spiro atoms. The van der Waals surface area contributed by atoms with E-state index in [1.807, 2.05) is 0 Å². The standard InChI is InChI=1S/C6H8F6NO6S2.Li.H/c1-18-4(19-2)3-13(20(14,15)5(7,8)9)21(16,17)6(10,11)12;;/h3-4H,1-2H3;;/q2*+1;-1. The molecule has 0 saturated carbocycles. The van der Waals surface area contributed by atoms with Crippen LogP contribution in [0.3, 0.4) is 0 Å². The van der Waals surface area contributed by atoms with E-state index in [9.17, 15) is 43.2 Å². The van der Waals surface area contributed by atoms with Crippen molar-refractivity contribution in [3.05, 3.63) is 0 Å². The Morgan fingerprint density at radius 2 is 1.18 bits per heavy atom. The minimum Gasteiger partial charge on any atom is -1.00 e. The Balaban J connectivity index is -0.00000200. The number of ether oxygens (including phenoxy) is 2. The minimum atomic E-state index is -6.88. The van der Waals surface area contributed by atoms with Crippen LogP contribution in [-0.4, -0.2) is 58.0 Å². The largest absolute Gasteiger partial charge is 1.00 e. The zero-order valence-corrected chi connectivity index (χ0v) is 12.8. The monoisotopic (exact) mass is 376 g/mol. The summed E-state index contributed by atoms with van der Waals surface area (Å²) in [7, 11) is -12.3. The molecule has 0 heterocycles. The summed E-state index contributed by atoms with van der Waals surface area (Å²) in [6, 6.07) is 0. The summed E-state index contributed by atoms with van der Waals surface area (Å²) in [5.74, 6) is 0. The minimum absolute atomic E-state index is 0. The van der Waals surface area contributed by atoms with E-state index in [0.29, 0.717) is 0 Å². The molecule has 0 N–H and O–H groups in total. The second-order valence-corrected chi connectivity index (χ2v) is 6.96. The Kier molecular flexibility index (Phi) is 8.15. The maximum Gasteiger partial charge on any atom is 1.00 e. The van der Waals surface area contributed by atoms with Gasteiger partial charge in [0.05, 0.1) is 0 Å². The van der Waals surface area contributed by atoms with Gasteiger partial charge in [0.1, 0.15) is 0 Å². The molecule has 22 heavy (non-hydrogen) atoms. The maximum atomic E-state index is 12.3. The summed E-state index contributed by atoms with van der Waals surface area (Å²) >= 11 is 0. The summed E-state index contributed by atoms with van der Waals surface area (Å²) < 4.78 is 124. The quantitative estimate of drug-likeness (QED) is 0.173. The van der Waals surface area contributed by atoms with Crippen LogP contribution in [0.4, 0.5) is 26.3 Å². The predicted molar refractivity (Wildman–Crippen MR) is 55.2 cm³/mol. The molecule has 16 heteroatoms. The summed E-state index contributed by atoms with van der Waals surface area (Å²) in [4.78, 5) is 0. The van der Waals surface area contributed by atoms with Crippen LogP contribution < -0.4 is 18.9 Å². The van der Waals surface area contributed by atoms with Crippen LogP contribution in [0.1, 0.15) is 1.43 Å². The van der Waals surface area contributed by atoms with E-state index in [0.717, 1.165) is 14.2 Å². The number of methoxy groups -OCH3 is 2. The van der Waals surface area contributed by atoms with Gasteiger partial charge in [-0.15, -0.1) is 0 Å². The Morgan fingerprint density at radius 3 is 1.36 bits per heavy atom. The van der Waals surface area contributed by atoms with Gasteiger partial charge in [0.2, 0.25) is 12.5 Å². The zero-order chi connectivity index (χ0) is 17.3. The van der Waals surface area contributed by atoms with Gasteiger partial charge in [0.15, 0.2) is 0 Å². The van der Waals surface area contributed by atoms with Crippen molar-refractivity contribution in [1.82, 2.24) is 0 Å². The smallest absolute Gasteiger partial charge is 1.00 e. The molecule has 0 bridgehead atoms. The second kappa shape index (κ2) is 7.49. The van der Waals surface area contributed by atoms with Crippen LogP contribution in [0.5, 0.6) is 0 Å². The van der Waals surface area contributed by atoms with E-state index in [1.165, 1.54) is 0 Å². The molecule has 128 valence electrons. The van der Waals surface area contributed by atoms with Crippen LogP contribution in [0.25, 0.3) is 0 Å². The Labute approximate surface area is 134 Å². The first-order valence-corrected chi connectivity index (χ1v) is 7.33. The first kappa shape index (κ1) is 23.9. The molecule has 0 saturated heterocycles. The van der Waals surface area contributed by atoms with E-state index in [4.69, 9.17) is 0 Å². The molecule has 7 nitrogen and oxygen atoms in total. The topological polar surface area (TPSA) is 89.8 Å². The van der Waals surface area contributed by atoms with Crippen molar-refractivity contribution >= 4 is 26.3 Å². The van der Waals surface area contributed by atoms with Crippen molar-refractivity contribution in [2.45, 2.75) is 17.3 Å². The molecule has 0 aromatic rings.